The van der Waals surface area contributed by atoms with Gasteiger partial charge in [-0.15, -0.1) is 0 Å². The van der Waals surface area contributed by atoms with Crippen LogP contribution in [0.1, 0.15) is 115 Å². The summed E-state index contributed by atoms with van der Waals surface area (Å²) < 4.78 is 23.0. The van der Waals surface area contributed by atoms with Crippen LogP contribution in [0.5, 0.6) is 0 Å². The van der Waals surface area contributed by atoms with E-state index in [1.165, 1.54) is 43.8 Å². The smallest absolute Gasteiger partial charge is 0.192 e. The molecule has 4 aliphatic carbocycles. The standard InChI is InChI=1S/C37H74O5Si3/c1-12-43(13-2,14-3)40-30-22-21-27-31-28(23-25-36(27,30)10)37(11)26-24-29(38)33(39)32(37)35(42-45(18-7,19-8)20-9)34(31)41-44(15-4,16-5)17-6/h27-35,38-39H,12-26H2,1-11H3/t27?,28?,29-,30-,31?,32?,33+,34+,35+,36-,37+/m0/s1. The molecule has 0 amide bonds. The molecule has 0 heterocycles. The second-order valence-corrected chi connectivity index (χ2v) is 30.7. The summed E-state index contributed by atoms with van der Waals surface area (Å²) in [7, 11) is -5.83. The highest BCUT2D eigenvalue weighted by Crippen LogP contribution is 2.68. The Morgan fingerprint density at radius 1 is 0.533 bits per heavy atom. The van der Waals surface area contributed by atoms with Gasteiger partial charge in [0.15, 0.2) is 25.0 Å². The minimum atomic E-state index is -2.06. The molecule has 0 spiro atoms. The van der Waals surface area contributed by atoms with Crippen LogP contribution in [0.4, 0.5) is 0 Å². The molecule has 8 heteroatoms. The van der Waals surface area contributed by atoms with Gasteiger partial charge in [-0.25, -0.2) is 0 Å². The van der Waals surface area contributed by atoms with Crippen LogP contribution in [0.25, 0.3) is 0 Å². The Morgan fingerprint density at radius 3 is 1.44 bits per heavy atom. The lowest BCUT2D eigenvalue weighted by Crippen LogP contribution is -2.71. The first kappa shape index (κ1) is 38.3. The van der Waals surface area contributed by atoms with Gasteiger partial charge in [-0.2, -0.15) is 0 Å². The van der Waals surface area contributed by atoms with Gasteiger partial charge in [0.2, 0.25) is 0 Å². The summed E-state index contributed by atoms with van der Waals surface area (Å²) in [4.78, 5) is 0. The Kier molecular flexibility index (Phi) is 12.5. The second kappa shape index (κ2) is 14.7. The summed E-state index contributed by atoms with van der Waals surface area (Å²) in [5, 5.41) is 23.3. The van der Waals surface area contributed by atoms with Crippen molar-refractivity contribution in [2.45, 2.75) is 200 Å². The Balaban J connectivity index is 1.89. The third-order valence-electron chi connectivity index (χ3n) is 15.6. The van der Waals surface area contributed by atoms with Gasteiger partial charge in [0.25, 0.3) is 0 Å². The fraction of sp³-hybridized carbons (Fsp3) is 1.00. The number of aliphatic hydroxyl groups excluding tert-OH is 2. The molecule has 0 aromatic carbocycles. The zero-order chi connectivity index (χ0) is 33.4. The lowest BCUT2D eigenvalue weighted by molar-refractivity contribution is -0.244. The molecule has 0 bridgehead atoms. The molecule has 0 aromatic rings. The van der Waals surface area contributed by atoms with Gasteiger partial charge in [0.1, 0.15) is 0 Å². The largest absolute Gasteiger partial charge is 0.413 e. The molecule has 264 valence electrons. The van der Waals surface area contributed by atoms with Crippen molar-refractivity contribution < 1.29 is 23.5 Å². The van der Waals surface area contributed by atoms with Crippen molar-refractivity contribution in [3.63, 3.8) is 0 Å². The summed E-state index contributed by atoms with van der Waals surface area (Å²) in [5.41, 5.74) is 0.0951. The van der Waals surface area contributed by atoms with Gasteiger partial charge in [-0.05, 0) is 122 Å². The highest BCUT2D eigenvalue weighted by molar-refractivity contribution is 6.74. The molecule has 0 aromatic heterocycles. The lowest BCUT2D eigenvalue weighted by atomic mass is 9.43. The van der Waals surface area contributed by atoms with Crippen molar-refractivity contribution in [2.24, 2.45) is 34.5 Å². The average molecular weight is 683 g/mol. The average Bonchev–Trinajstić information content (AvgIpc) is 3.39. The first-order chi connectivity index (χ1) is 21.3. The van der Waals surface area contributed by atoms with Crippen molar-refractivity contribution in [3.05, 3.63) is 0 Å². The molecular formula is C37H74O5Si3. The predicted molar refractivity (Wildman–Crippen MR) is 196 cm³/mol. The quantitative estimate of drug-likeness (QED) is 0.168. The van der Waals surface area contributed by atoms with E-state index in [4.69, 9.17) is 13.3 Å². The number of aliphatic hydroxyl groups is 2. The molecule has 5 nitrogen and oxygen atoms in total. The predicted octanol–water partition coefficient (Wildman–Crippen LogP) is 9.75. The summed E-state index contributed by atoms with van der Waals surface area (Å²) in [6, 6.07) is 10.3. The fourth-order valence-electron chi connectivity index (χ4n) is 11.6. The van der Waals surface area contributed by atoms with Crippen LogP contribution in [0.2, 0.25) is 54.4 Å². The topological polar surface area (TPSA) is 68.2 Å². The van der Waals surface area contributed by atoms with Gasteiger partial charge in [-0.3, -0.25) is 0 Å². The minimum Gasteiger partial charge on any atom is -0.413 e. The number of fused-ring (bicyclic) bond motifs is 5. The second-order valence-electron chi connectivity index (χ2n) is 16.5. The van der Waals surface area contributed by atoms with Gasteiger partial charge >= 0.3 is 0 Å². The fourth-order valence-corrected chi connectivity index (χ4v) is 20.3. The van der Waals surface area contributed by atoms with Gasteiger partial charge < -0.3 is 23.5 Å². The van der Waals surface area contributed by atoms with E-state index in [-0.39, 0.29) is 29.0 Å². The number of hydrogen-bond donors (Lipinski definition) is 2. The van der Waals surface area contributed by atoms with E-state index in [9.17, 15) is 10.2 Å². The Morgan fingerprint density at radius 2 is 0.956 bits per heavy atom. The van der Waals surface area contributed by atoms with Crippen molar-refractivity contribution >= 4 is 25.0 Å². The van der Waals surface area contributed by atoms with Gasteiger partial charge in [0.05, 0.1) is 30.5 Å². The third-order valence-corrected chi connectivity index (χ3v) is 29.5. The van der Waals surface area contributed by atoms with E-state index in [0.29, 0.717) is 30.3 Å². The molecular weight excluding hydrogens is 609 g/mol. The van der Waals surface area contributed by atoms with E-state index in [1.807, 2.05) is 0 Å². The van der Waals surface area contributed by atoms with Crippen LogP contribution in [-0.2, 0) is 13.3 Å². The Hall–Kier alpha value is 0.451. The number of hydrogen-bond acceptors (Lipinski definition) is 5. The molecule has 45 heavy (non-hydrogen) atoms. The van der Waals surface area contributed by atoms with Crippen LogP contribution in [0.15, 0.2) is 0 Å². The Bertz CT molecular complexity index is 930. The van der Waals surface area contributed by atoms with Crippen molar-refractivity contribution in [2.75, 3.05) is 0 Å². The van der Waals surface area contributed by atoms with Crippen LogP contribution in [0, 0.1) is 34.5 Å². The summed E-state index contributed by atoms with van der Waals surface area (Å²) in [6.45, 7) is 26.3. The Labute approximate surface area is 281 Å². The van der Waals surface area contributed by atoms with E-state index in [2.05, 4.69) is 76.2 Å². The van der Waals surface area contributed by atoms with E-state index in [1.54, 1.807) is 0 Å². The van der Waals surface area contributed by atoms with Crippen LogP contribution < -0.4 is 0 Å². The molecule has 4 aliphatic rings. The molecule has 4 unspecified atom stereocenters. The molecule has 4 saturated carbocycles. The van der Waals surface area contributed by atoms with Gasteiger partial charge in [0, 0.05) is 5.92 Å². The maximum Gasteiger partial charge on any atom is 0.192 e. The molecule has 0 radical (unpaired) electrons. The lowest BCUT2D eigenvalue weighted by Gasteiger charge is -2.67. The number of rotatable bonds is 15. The molecule has 11 atom stereocenters. The zero-order valence-electron chi connectivity index (χ0n) is 31.4. The summed E-state index contributed by atoms with van der Waals surface area (Å²) in [6.07, 6.45) is 5.21. The maximum absolute atomic E-state index is 12.0. The van der Waals surface area contributed by atoms with Crippen LogP contribution >= 0.6 is 0 Å². The van der Waals surface area contributed by atoms with E-state index in [0.717, 1.165) is 42.7 Å². The highest BCUT2D eigenvalue weighted by atomic mass is 28.4. The SMILES string of the molecule is CC[Si](CC)(CC)O[C@@H]1C2C(CC[C@@]3(C)C2CC[C@@H]3O[Si](CC)(CC)CC)[C@@]2(C)CC[C@H](O)[C@@H](O)C2[C@H]1O[Si](CC)(CC)CC. The minimum absolute atomic E-state index is 0.00929. The monoisotopic (exact) mass is 682 g/mol. The normalized spacial score (nSPS) is 40.6. The van der Waals surface area contributed by atoms with Crippen molar-refractivity contribution in [1.82, 2.24) is 0 Å². The molecule has 0 aliphatic heterocycles. The van der Waals surface area contributed by atoms with Crippen molar-refractivity contribution in [1.29, 1.82) is 0 Å². The van der Waals surface area contributed by atoms with Crippen molar-refractivity contribution in [3.8, 4) is 0 Å². The first-order valence-electron chi connectivity index (χ1n) is 19.7. The third kappa shape index (κ3) is 6.45. The van der Waals surface area contributed by atoms with Crippen LogP contribution in [-0.4, -0.2) is 65.7 Å². The van der Waals surface area contributed by atoms with Gasteiger partial charge in [-0.1, -0.05) is 76.2 Å². The maximum atomic E-state index is 12.0. The summed E-state index contributed by atoms with van der Waals surface area (Å²) in [5.74, 6) is 1.37. The molecule has 4 rings (SSSR count). The molecule has 0 saturated heterocycles. The highest BCUT2D eigenvalue weighted by Gasteiger charge is 2.69. The first-order valence-corrected chi connectivity index (χ1v) is 27.3. The van der Waals surface area contributed by atoms with E-state index >= 15 is 0 Å². The zero-order valence-corrected chi connectivity index (χ0v) is 34.4. The van der Waals surface area contributed by atoms with E-state index < -0.39 is 37.2 Å². The van der Waals surface area contributed by atoms with Crippen LogP contribution in [0.3, 0.4) is 0 Å². The summed E-state index contributed by atoms with van der Waals surface area (Å²) >= 11 is 0. The molecule has 4 fully saturated rings. The molecule has 2 N–H and O–H groups in total.